The number of hydrogen-bond donors (Lipinski definition) is 0. The highest BCUT2D eigenvalue weighted by Crippen LogP contribution is 2.53. The first-order chi connectivity index (χ1) is 15.5. The van der Waals surface area contributed by atoms with Crippen LogP contribution in [0.4, 0.5) is 0 Å². The molecule has 0 heteroatoms. The topological polar surface area (TPSA) is 0 Å². The molecule has 0 heterocycles. The van der Waals surface area contributed by atoms with E-state index in [1.807, 2.05) is 0 Å². The molecule has 0 nitrogen and oxygen atoms in total. The van der Waals surface area contributed by atoms with E-state index in [0.29, 0.717) is 5.92 Å². The summed E-state index contributed by atoms with van der Waals surface area (Å²) >= 11 is 0. The lowest BCUT2D eigenvalue weighted by molar-refractivity contribution is 0.638. The van der Waals surface area contributed by atoms with E-state index in [4.69, 9.17) is 0 Å². The quantitative estimate of drug-likeness (QED) is 0.360. The van der Waals surface area contributed by atoms with Crippen LogP contribution in [-0.2, 0) is 5.41 Å². The van der Waals surface area contributed by atoms with Gasteiger partial charge in [-0.2, -0.15) is 0 Å². The Labute approximate surface area is 201 Å². The smallest absolute Gasteiger partial charge is 0.0673 e. The molecule has 33 heavy (non-hydrogen) atoms. The van der Waals surface area contributed by atoms with Gasteiger partial charge in [0.15, 0.2) is 0 Å². The molecule has 4 rings (SSSR count). The van der Waals surface area contributed by atoms with Crippen LogP contribution in [0.1, 0.15) is 70.8 Å². The van der Waals surface area contributed by atoms with Crippen molar-refractivity contribution in [2.45, 2.75) is 67.7 Å². The van der Waals surface area contributed by atoms with Crippen LogP contribution in [0.25, 0.3) is 0 Å². The van der Waals surface area contributed by atoms with Gasteiger partial charge in [0.25, 0.3) is 0 Å². The largest absolute Gasteiger partial charge is 0.0743 e. The molecular formula is C33H38. The molecule has 0 saturated heterocycles. The average Bonchev–Trinajstić information content (AvgIpc) is 2.93. The Balaban J connectivity index is 2.27. The fraction of sp³-hybridized carbons (Fsp3) is 0.333. The second-order valence-electron chi connectivity index (χ2n) is 10.6. The molecule has 3 aromatic rings. The molecule has 0 amide bonds. The normalized spacial score (nSPS) is 16.4. The zero-order chi connectivity index (χ0) is 24.1. The van der Waals surface area contributed by atoms with Crippen LogP contribution in [0.3, 0.4) is 0 Å². The standard InChI is InChI=1S/C33H38/c1-20-10-21(2)14-29(13-20)33(30-15-22(3)11-23(4)16-30,31-17-24(5)12-25(6)18-31)32-27(8)19-26(7)28(32)9/h10-19,27H,1-9H3. The van der Waals surface area contributed by atoms with Gasteiger partial charge >= 0.3 is 0 Å². The molecule has 0 fully saturated rings. The fourth-order valence-corrected chi connectivity index (χ4v) is 6.30. The molecule has 0 spiro atoms. The van der Waals surface area contributed by atoms with E-state index in [2.05, 4.69) is 123 Å². The first-order valence-corrected chi connectivity index (χ1v) is 12.2. The summed E-state index contributed by atoms with van der Waals surface area (Å²) in [6.07, 6.45) is 2.45. The van der Waals surface area contributed by atoms with Gasteiger partial charge in [0.2, 0.25) is 0 Å². The minimum absolute atomic E-state index is 0.345. The molecule has 3 aromatic carbocycles. The van der Waals surface area contributed by atoms with Crippen LogP contribution in [0.15, 0.2) is 77.4 Å². The van der Waals surface area contributed by atoms with Gasteiger partial charge in [-0.05, 0) is 89.1 Å². The monoisotopic (exact) mass is 434 g/mol. The number of allylic oxidation sites excluding steroid dienone is 4. The number of hydrogen-bond acceptors (Lipinski definition) is 0. The van der Waals surface area contributed by atoms with Gasteiger partial charge in [-0.3, -0.25) is 0 Å². The minimum Gasteiger partial charge on any atom is -0.0743 e. The lowest BCUT2D eigenvalue weighted by atomic mass is 9.60. The van der Waals surface area contributed by atoms with E-state index in [9.17, 15) is 0 Å². The van der Waals surface area contributed by atoms with Gasteiger partial charge < -0.3 is 0 Å². The van der Waals surface area contributed by atoms with Crippen LogP contribution in [0.2, 0.25) is 0 Å². The van der Waals surface area contributed by atoms with Gasteiger partial charge in [0.05, 0.1) is 5.41 Å². The fourth-order valence-electron chi connectivity index (χ4n) is 6.30. The molecule has 0 aliphatic heterocycles. The Morgan fingerprint density at radius 2 is 0.788 bits per heavy atom. The third-order valence-corrected chi connectivity index (χ3v) is 7.32. The lowest BCUT2D eigenvalue weighted by Crippen LogP contribution is -2.35. The molecule has 1 aliphatic rings. The summed E-state index contributed by atoms with van der Waals surface area (Å²) in [5.74, 6) is 0.368. The highest BCUT2D eigenvalue weighted by Gasteiger charge is 2.44. The van der Waals surface area contributed by atoms with Crippen molar-refractivity contribution < 1.29 is 0 Å². The third kappa shape index (κ3) is 4.01. The Kier molecular flexibility index (Phi) is 5.99. The first-order valence-electron chi connectivity index (χ1n) is 12.2. The van der Waals surface area contributed by atoms with Crippen molar-refractivity contribution in [2.24, 2.45) is 5.92 Å². The van der Waals surface area contributed by atoms with Crippen molar-refractivity contribution in [3.05, 3.63) is 127 Å². The van der Waals surface area contributed by atoms with Crippen LogP contribution in [0, 0.1) is 47.5 Å². The van der Waals surface area contributed by atoms with Crippen molar-refractivity contribution >= 4 is 0 Å². The summed E-state index contributed by atoms with van der Waals surface area (Å²) < 4.78 is 0. The molecule has 0 bridgehead atoms. The maximum absolute atomic E-state index is 2.45. The van der Waals surface area contributed by atoms with E-state index in [-0.39, 0.29) is 5.41 Å². The molecule has 1 unspecified atom stereocenters. The summed E-state index contributed by atoms with van der Waals surface area (Å²) in [5, 5.41) is 0. The summed E-state index contributed by atoms with van der Waals surface area (Å²) in [7, 11) is 0. The second kappa shape index (κ2) is 8.49. The zero-order valence-corrected chi connectivity index (χ0v) is 21.9. The summed E-state index contributed by atoms with van der Waals surface area (Å²) in [6, 6.07) is 21.4. The lowest BCUT2D eigenvalue weighted by Gasteiger charge is -2.41. The number of rotatable bonds is 4. The Morgan fingerprint density at radius 1 is 0.485 bits per heavy atom. The predicted molar refractivity (Wildman–Crippen MR) is 143 cm³/mol. The maximum atomic E-state index is 2.45. The third-order valence-electron chi connectivity index (χ3n) is 7.32. The molecule has 0 aromatic heterocycles. The first kappa shape index (κ1) is 23.3. The van der Waals surface area contributed by atoms with Crippen LogP contribution in [0.5, 0.6) is 0 Å². The number of aryl methyl sites for hydroxylation is 6. The van der Waals surface area contributed by atoms with Crippen LogP contribution >= 0.6 is 0 Å². The van der Waals surface area contributed by atoms with E-state index in [1.165, 1.54) is 66.8 Å². The van der Waals surface area contributed by atoms with Gasteiger partial charge in [-0.25, -0.2) is 0 Å². The van der Waals surface area contributed by atoms with E-state index in [1.54, 1.807) is 0 Å². The van der Waals surface area contributed by atoms with Crippen molar-refractivity contribution in [3.8, 4) is 0 Å². The highest BCUT2D eigenvalue weighted by atomic mass is 14.5. The van der Waals surface area contributed by atoms with Gasteiger partial charge in [-0.15, -0.1) is 0 Å². The van der Waals surface area contributed by atoms with Gasteiger partial charge in [0.1, 0.15) is 0 Å². The second-order valence-corrected chi connectivity index (χ2v) is 10.6. The minimum atomic E-state index is -0.345. The Morgan fingerprint density at radius 3 is 1.03 bits per heavy atom. The van der Waals surface area contributed by atoms with Crippen molar-refractivity contribution in [3.63, 3.8) is 0 Å². The molecule has 1 aliphatic carbocycles. The molecule has 0 N–H and O–H groups in total. The Hall–Kier alpha value is -2.86. The highest BCUT2D eigenvalue weighted by molar-refractivity contribution is 5.66. The SMILES string of the molecule is CC1=CC(C)C(C(c2cc(C)cc(C)c2)(c2cc(C)cc(C)c2)c2cc(C)cc(C)c2)=C1C. The zero-order valence-electron chi connectivity index (χ0n) is 21.9. The molecule has 0 radical (unpaired) electrons. The Bertz CT molecular complexity index is 1110. The van der Waals surface area contributed by atoms with E-state index < -0.39 is 0 Å². The summed E-state index contributed by atoms with van der Waals surface area (Å²) in [5.41, 5.74) is 16.0. The molecule has 1 atom stereocenters. The van der Waals surface area contributed by atoms with E-state index >= 15 is 0 Å². The predicted octanol–water partition coefficient (Wildman–Crippen LogP) is 8.78. The van der Waals surface area contributed by atoms with Crippen LogP contribution < -0.4 is 0 Å². The van der Waals surface area contributed by atoms with Gasteiger partial charge in [0, 0.05) is 0 Å². The van der Waals surface area contributed by atoms with Crippen molar-refractivity contribution in [1.82, 2.24) is 0 Å². The summed E-state index contributed by atoms with van der Waals surface area (Å²) in [6.45, 7) is 20.3. The maximum Gasteiger partial charge on any atom is 0.0673 e. The summed E-state index contributed by atoms with van der Waals surface area (Å²) in [4.78, 5) is 0. The molecular weight excluding hydrogens is 396 g/mol. The molecule has 170 valence electrons. The van der Waals surface area contributed by atoms with E-state index in [0.717, 1.165) is 0 Å². The van der Waals surface area contributed by atoms with Crippen LogP contribution in [-0.4, -0.2) is 0 Å². The molecule has 0 saturated carbocycles. The number of benzene rings is 3. The average molecular weight is 435 g/mol. The van der Waals surface area contributed by atoms with Crippen molar-refractivity contribution in [2.75, 3.05) is 0 Å². The van der Waals surface area contributed by atoms with Gasteiger partial charge in [-0.1, -0.05) is 107 Å². The van der Waals surface area contributed by atoms with Crippen molar-refractivity contribution in [1.29, 1.82) is 0 Å².